The number of halogens is 2. The number of carbonyl (C=O) groups excluding carboxylic acids is 1. The Balaban J connectivity index is 0.00000341. The van der Waals surface area contributed by atoms with Crippen molar-refractivity contribution in [3.05, 3.63) is 54.0 Å². The number of hydrogen-bond donors (Lipinski definition) is 1. The first-order valence-corrected chi connectivity index (χ1v) is 10.1. The summed E-state index contributed by atoms with van der Waals surface area (Å²) < 4.78 is 24.1. The van der Waals surface area contributed by atoms with Crippen molar-refractivity contribution >= 4 is 35.9 Å². The van der Waals surface area contributed by atoms with Crippen LogP contribution < -0.4 is 10.1 Å². The first kappa shape index (κ1) is 24.8. The Morgan fingerprint density at radius 2 is 2.06 bits per heavy atom. The Kier molecular flexibility index (Phi) is 9.96. The monoisotopic (exact) mass is 542 g/mol. The zero-order valence-corrected chi connectivity index (χ0v) is 20.0. The van der Waals surface area contributed by atoms with Crippen LogP contribution in [0.25, 0.3) is 0 Å². The van der Waals surface area contributed by atoms with Crippen molar-refractivity contribution < 1.29 is 18.7 Å². The fraction of sp³-hybridized carbons (Fsp3) is 0.409. The molecule has 1 N–H and O–H groups in total. The standard InChI is InChI=1S/C22H27FN4O3.HI/c1-3-24-22(27-12-9-16(10-13-27)21(28)29-2)26-15-17-6-5-11-25-20(17)30-19-8-4-7-18(23)14-19;/h4-8,11,14,16H,3,9-10,12-13,15H2,1-2H3,(H,24,26);1H. The second kappa shape index (κ2) is 12.4. The zero-order valence-electron chi connectivity index (χ0n) is 17.7. The number of carbonyl (C=O) groups is 1. The molecule has 2 aromatic rings. The van der Waals surface area contributed by atoms with E-state index in [-0.39, 0.29) is 41.7 Å². The number of piperidine rings is 1. The molecule has 0 radical (unpaired) electrons. The Bertz CT molecular complexity index is 889. The summed E-state index contributed by atoms with van der Waals surface area (Å²) in [5.41, 5.74) is 0.793. The molecular formula is C22H28FIN4O3. The van der Waals surface area contributed by atoms with Crippen molar-refractivity contribution in [2.24, 2.45) is 10.9 Å². The fourth-order valence-corrected chi connectivity index (χ4v) is 3.36. The van der Waals surface area contributed by atoms with Crippen molar-refractivity contribution in [1.29, 1.82) is 0 Å². The van der Waals surface area contributed by atoms with E-state index in [1.54, 1.807) is 18.3 Å². The number of benzene rings is 1. The molecule has 1 aliphatic heterocycles. The number of methoxy groups -OCH3 is 1. The van der Waals surface area contributed by atoms with Gasteiger partial charge in [-0.25, -0.2) is 14.4 Å². The van der Waals surface area contributed by atoms with E-state index in [1.165, 1.54) is 19.2 Å². The van der Waals surface area contributed by atoms with Crippen LogP contribution in [0.4, 0.5) is 4.39 Å². The van der Waals surface area contributed by atoms with E-state index in [9.17, 15) is 9.18 Å². The molecule has 0 atom stereocenters. The Hall–Kier alpha value is -2.43. The van der Waals surface area contributed by atoms with Crippen LogP contribution >= 0.6 is 24.0 Å². The average molecular weight is 542 g/mol. The van der Waals surface area contributed by atoms with Crippen molar-refractivity contribution in [3.63, 3.8) is 0 Å². The maximum atomic E-state index is 13.5. The third kappa shape index (κ3) is 7.05. The van der Waals surface area contributed by atoms with Crippen LogP contribution in [0.2, 0.25) is 0 Å². The Labute approximate surface area is 199 Å². The van der Waals surface area contributed by atoms with Gasteiger partial charge in [-0.1, -0.05) is 12.1 Å². The first-order chi connectivity index (χ1) is 14.6. The Morgan fingerprint density at radius 1 is 1.29 bits per heavy atom. The first-order valence-electron chi connectivity index (χ1n) is 10.1. The van der Waals surface area contributed by atoms with E-state index >= 15 is 0 Å². The van der Waals surface area contributed by atoms with Gasteiger partial charge < -0.3 is 19.7 Å². The average Bonchev–Trinajstić information content (AvgIpc) is 2.77. The molecule has 3 rings (SSSR count). The predicted octanol–water partition coefficient (Wildman–Crippen LogP) is 3.98. The molecule has 0 spiro atoms. The molecule has 1 saturated heterocycles. The minimum absolute atomic E-state index is 0. The number of ether oxygens (including phenoxy) is 2. The molecule has 1 aromatic heterocycles. The fourth-order valence-electron chi connectivity index (χ4n) is 3.36. The number of guanidine groups is 1. The number of aromatic nitrogens is 1. The lowest BCUT2D eigenvalue weighted by Gasteiger charge is -2.33. The third-order valence-corrected chi connectivity index (χ3v) is 4.92. The van der Waals surface area contributed by atoms with Crippen LogP contribution in [0.3, 0.4) is 0 Å². The van der Waals surface area contributed by atoms with Gasteiger partial charge in [-0.3, -0.25) is 4.79 Å². The maximum Gasteiger partial charge on any atom is 0.308 e. The SMILES string of the molecule is CCNC(=NCc1cccnc1Oc1cccc(F)c1)N1CCC(C(=O)OC)CC1.I. The van der Waals surface area contributed by atoms with Gasteiger partial charge in [-0.05, 0) is 38.0 Å². The molecule has 1 fully saturated rings. The van der Waals surface area contributed by atoms with Gasteiger partial charge in [-0.15, -0.1) is 24.0 Å². The number of esters is 1. The lowest BCUT2D eigenvalue weighted by atomic mass is 9.97. The highest BCUT2D eigenvalue weighted by Crippen LogP contribution is 2.24. The van der Waals surface area contributed by atoms with Crippen LogP contribution in [0.15, 0.2) is 47.6 Å². The zero-order chi connectivity index (χ0) is 21.3. The smallest absolute Gasteiger partial charge is 0.308 e. The van der Waals surface area contributed by atoms with Crippen LogP contribution in [-0.2, 0) is 16.1 Å². The van der Waals surface area contributed by atoms with Crippen LogP contribution in [0.5, 0.6) is 11.6 Å². The summed E-state index contributed by atoms with van der Waals surface area (Å²) in [6.07, 6.45) is 3.10. The molecular weight excluding hydrogens is 514 g/mol. The molecule has 0 bridgehead atoms. The second-order valence-electron chi connectivity index (χ2n) is 6.98. The van der Waals surface area contributed by atoms with Gasteiger partial charge >= 0.3 is 5.97 Å². The minimum atomic E-state index is -0.368. The minimum Gasteiger partial charge on any atom is -0.469 e. The van der Waals surface area contributed by atoms with Gasteiger partial charge in [0.2, 0.25) is 5.88 Å². The summed E-state index contributed by atoms with van der Waals surface area (Å²) in [5, 5.41) is 3.31. The molecule has 0 aliphatic carbocycles. The molecule has 1 aromatic carbocycles. The summed E-state index contributed by atoms with van der Waals surface area (Å²) >= 11 is 0. The summed E-state index contributed by atoms with van der Waals surface area (Å²) in [7, 11) is 1.43. The number of likely N-dealkylation sites (tertiary alicyclic amines) is 1. The number of hydrogen-bond acceptors (Lipinski definition) is 5. The number of aliphatic imine (C=N–C) groups is 1. The lowest BCUT2D eigenvalue weighted by Crippen LogP contribution is -2.46. The van der Waals surface area contributed by atoms with E-state index in [1.807, 2.05) is 19.1 Å². The summed E-state index contributed by atoms with van der Waals surface area (Å²) in [6, 6.07) is 9.66. The molecule has 0 saturated carbocycles. The normalized spacial score (nSPS) is 14.5. The molecule has 0 amide bonds. The van der Waals surface area contributed by atoms with Gasteiger partial charge in [0.25, 0.3) is 0 Å². The third-order valence-electron chi connectivity index (χ3n) is 4.92. The second-order valence-corrected chi connectivity index (χ2v) is 6.98. The van der Waals surface area contributed by atoms with Crippen molar-refractivity contribution in [2.75, 3.05) is 26.7 Å². The molecule has 0 unspecified atom stereocenters. The molecule has 7 nitrogen and oxygen atoms in total. The number of nitrogens with zero attached hydrogens (tertiary/aromatic N) is 3. The van der Waals surface area contributed by atoms with E-state index < -0.39 is 0 Å². The summed E-state index contributed by atoms with van der Waals surface area (Å²) in [5.74, 6) is 0.988. The Morgan fingerprint density at radius 3 is 2.74 bits per heavy atom. The van der Waals surface area contributed by atoms with E-state index in [0.29, 0.717) is 18.2 Å². The molecule has 2 heterocycles. The van der Waals surface area contributed by atoms with Gasteiger partial charge in [0.15, 0.2) is 5.96 Å². The van der Waals surface area contributed by atoms with Gasteiger partial charge in [-0.2, -0.15) is 0 Å². The van der Waals surface area contributed by atoms with Crippen molar-refractivity contribution in [3.8, 4) is 11.6 Å². The topological polar surface area (TPSA) is 76.1 Å². The van der Waals surface area contributed by atoms with Gasteiger partial charge in [0, 0.05) is 37.5 Å². The molecule has 9 heteroatoms. The highest BCUT2D eigenvalue weighted by Gasteiger charge is 2.27. The van der Waals surface area contributed by atoms with Gasteiger partial charge in [0.1, 0.15) is 11.6 Å². The van der Waals surface area contributed by atoms with Gasteiger partial charge in [0.05, 0.1) is 19.6 Å². The molecule has 1 aliphatic rings. The molecule has 168 valence electrons. The van der Waals surface area contributed by atoms with E-state index in [2.05, 4.69) is 15.2 Å². The van der Waals surface area contributed by atoms with E-state index in [4.69, 9.17) is 14.5 Å². The molecule has 31 heavy (non-hydrogen) atoms. The quantitative estimate of drug-likeness (QED) is 0.258. The highest BCUT2D eigenvalue weighted by atomic mass is 127. The predicted molar refractivity (Wildman–Crippen MR) is 127 cm³/mol. The van der Waals surface area contributed by atoms with Crippen molar-refractivity contribution in [1.82, 2.24) is 15.2 Å². The lowest BCUT2D eigenvalue weighted by molar-refractivity contribution is -0.146. The number of nitrogens with one attached hydrogen (secondary N) is 1. The number of pyridine rings is 1. The maximum absolute atomic E-state index is 13.5. The van der Waals surface area contributed by atoms with Crippen LogP contribution in [-0.4, -0.2) is 48.6 Å². The highest BCUT2D eigenvalue weighted by molar-refractivity contribution is 14.0. The summed E-state index contributed by atoms with van der Waals surface area (Å²) in [4.78, 5) is 22.9. The van der Waals surface area contributed by atoms with Crippen LogP contribution in [0.1, 0.15) is 25.3 Å². The largest absolute Gasteiger partial charge is 0.469 e. The van der Waals surface area contributed by atoms with Crippen molar-refractivity contribution in [2.45, 2.75) is 26.3 Å². The summed E-state index contributed by atoms with van der Waals surface area (Å²) in [6.45, 7) is 4.56. The van der Waals surface area contributed by atoms with Crippen LogP contribution in [0, 0.1) is 11.7 Å². The van der Waals surface area contributed by atoms with E-state index in [0.717, 1.165) is 44.0 Å². The number of rotatable bonds is 6.